The fourth-order valence-corrected chi connectivity index (χ4v) is 5.07. The van der Waals surface area contributed by atoms with Gasteiger partial charge in [-0.1, -0.05) is 26.7 Å². The summed E-state index contributed by atoms with van der Waals surface area (Å²) in [5, 5.41) is 2.85. The third kappa shape index (κ3) is 3.02. The second kappa shape index (κ2) is 6.24. The van der Waals surface area contributed by atoms with Crippen molar-refractivity contribution >= 4 is 21.6 Å². The summed E-state index contributed by atoms with van der Waals surface area (Å²) in [5.41, 5.74) is 1.55. The van der Waals surface area contributed by atoms with E-state index in [2.05, 4.69) is 5.32 Å². The van der Waals surface area contributed by atoms with E-state index in [1.165, 1.54) is 0 Å². The molecule has 1 saturated heterocycles. The van der Waals surface area contributed by atoms with Crippen molar-refractivity contribution in [3.63, 3.8) is 0 Å². The second-order valence-electron chi connectivity index (χ2n) is 6.78. The fraction of sp³-hybridized carbons (Fsp3) is 0.588. The van der Waals surface area contributed by atoms with Crippen LogP contribution in [0.2, 0.25) is 0 Å². The first kappa shape index (κ1) is 16.5. The standard InChI is InChI=1S/C17H24N2O3S/c1-12(2)16-14-11-13(7-8-15(14)18-17(16)20)23(21,22)19-9-5-3-4-6-10-19/h7-8,11-12,16H,3-6,9-10H2,1-2H3,(H,18,20). The Morgan fingerprint density at radius 2 is 1.78 bits per heavy atom. The Balaban J connectivity index is 1.97. The van der Waals surface area contributed by atoms with Crippen LogP contribution in [0, 0.1) is 5.92 Å². The molecule has 6 heteroatoms. The van der Waals surface area contributed by atoms with Crippen LogP contribution in [0.25, 0.3) is 0 Å². The quantitative estimate of drug-likeness (QED) is 0.923. The lowest BCUT2D eigenvalue weighted by atomic mass is 9.90. The maximum Gasteiger partial charge on any atom is 0.243 e. The number of hydrogen-bond donors (Lipinski definition) is 1. The molecule has 2 aliphatic rings. The largest absolute Gasteiger partial charge is 0.325 e. The Bertz CT molecular complexity index is 705. The van der Waals surface area contributed by atoms with Gasteiger partial charge in [-0.3, -0.25) is 4.79 Å². The lowest BCUT2D eigenvalue weighted by Crippen LogP contribution is -2.32. The number of hydrogen-bond acceptors (Lipinski definition) is 3. The Hall–Kier alpha value is -1.40. The summed E-state index contributed by atoms with van der Waals surface area (Å²) in [5.74, 6) is -0.184. The second-order valence-corrected chi connectivity index (χ2v) is 8.72. The number of amides is 1. The molecule has 2 heterocycles. The SMILES string of the molecule is CC(C)C1C(=O)Nc2ccc(S(=O)(=O)N3CCCCCC3)cc21. The Morgan fingerprint density at radius 3 is 2.39 bits per heavy atom. The van der Waals surface area contributed by atoms with Crippen molar-refractivity contribution in [2.45, 2.75) is 50.3 Å². The number of nitrogens with zero attached hydrogens (tertiary/aromatic N) is 1. The summed E-state index contributed by atoms with van der Waals surface area (Å²) >= 11 is 0. The number of rotatable bonds is 3. The van der Waals surface area contributed by atoms with E-state index in [1.807, 2.05) is 13.8 Å². The molecule has 1 N–H and O–H groups in total. The molecular weight excluding hydrogens is 312 g/mol. The van der Waals surface area contributed by atoms with Gasteiger partial charge in [0.1, 0.15) is 0 Å². The molecule has 1 amide bonds. The number of benzene rings is 1. The number of nitrogens with one attached hydrogen (secondary N) is 1. The molecule has 1 aromatic rings. The first-order chi connectivity index (χ1) is 10.9. The van der Waals surface area contributed by atoms with Gasteiger partial charge in [0.05, 0.1) is 10.8 Å². The fourth-order valence-electron chi connectivity index (χ4n) is 3.52. The van der Waals surface area contributed by atoms with E-state index in [-0.39, 0.29) is 17.7 Å². The lowest BCUT2D eigenvalue weighted by Gasteiger charge is -2.21. The lowest BCUT2D eigenvalue weighted by molar-refractivity contribution is -0.117. The molecule has 3 rings (SSSR count). The van der Waals surface area contributed by atoms with Crippen molar-refractivity contribution in [1.82, 2.24) is 4.31 Å². The molecule has 1 fully saturated rings. The van der Waals surface area contributed by atoms with E-state index in [0.717, 1.165) is 36.9 Å². The van der Waals surface area contributed by atoms with Gasteiger partial charge < -0.3 is 5.32 Å². The number of carbonyl (C=O) groups is 1. The summed E-state index contributed by atoms with van der Waals surface area (Å²) in [7, 11) is -3.48. The Labute approximate surface area is 138 Å². The molecule has 0 saturated carbocycles. The molecule has 0 aromatic heterocycles. The minimum atomic E-state index is -3.48. The topological polar surface area (TPSA) is 66.5 Å². The normalized spacial score (nSPS) is 22.7. The molecular formula is C17H24N2O3S. The number of carbonyl (C=O) groups excluding carboxylic acids is 1. The maximum absolute atomic E-state index is 12.9. The highest BCUT2D eigenvalue weighted by Gasteiger charge is 2.35. The van der Waals surface area contributed by atoms with E-state index in [9.17, 15) is 13.2 Å². The molecule has 0 spiro atoms. The Morgan fingerprint density at radius 1 is 1.13 bits per heavy atom. The highest BCUT2D eigenvalue weighted by atomic mass is 32.2. The molecule has 0 aliphatic carbocycles. The molecule has 1 atom stereocenters. The van der Waals surface area contributed by atoms with Gasteiger partial charge in [-0.15, -0.1) is 0 Å². The molecule has 2 aliphatic heterocycles. The molecule has 23 heavy (non-hydrogen) atoms. The number of sulfonamides is 1. The van der Waals surface area contributed by atoms with Gasteiger partial charge in [-0.2, -0.15) is 4.31 Å². The van der Waals surface area contributed by atoms with Crippen molar-refractivity contribution in [2.75, 3.05) is 18.4 Å². The van der Waals surface area contributed by atoms with E-state index >= 15 is 0 Å². The van der Waals surface area contributed by atoms with E-state index in [4.69, 9.17) is 0 Å². The van der Waals surface area contributed by atoms with Gasteiger partial charge in [-0.25, -0.2) is 8.42 Å². The average molecular weight is 336 g/mol. The first-order valence-electron chi connectivity index (χ1n) is 8.36. The summed E-state index contributed by atoms with van der Waals surface area (Å²) in [6.45, 7) is 5.14. The van der Waals surface area contributed by atoms with Gasteiger partial charge in [0.2, 0.25) is 15.9 Å². The summed E-state index contributed by atoms with van der Waals surface area (Å²) < 4.78 is 27.4. The smallest absolute Gasteiger partial charge is 0.243 e. The minimum absolute atomic E-state index is 0.0423. The zero-order valence-electron chi connectivity index (χ0n) is 13.7. The Kier molecular flexibility index (Phi) is 4.47. The summed E-state index contributed by atoms with van der Waals surface area (Å²) in [6.07, 6.45) is 4.01. The van der Waals surface area contributed by atoms with Crippen molar-refractivity contribution < 1.29 is 13.2 Å². The first-order valence-corrected chi connectivity index (χ1v) is 9.80. The van der Waals surface area contributed by atoms with Crippen LogP contribution in [-0.2, 0) is 14.8 Å². The molecule has 1 unspecified atom stereocenters. The van der Waals surface area contributed by atoms with Gasteiger partial charge in [0, 0.05) is 18.8 Å². The molecule has 0 radical (unpaired) electrons. The molecule has 5 nitrogen and oxygen atoms in total. The van der Waals surface area contributed by atoms with Crippen molar-refractivity contribution in [1.29, 1.82) is 0 Å². The third-order valence-electron chi connectivity index (χ3n) is 4.77. The minimum Gasteiger partial charge on any atom is -0.325 e. The van der Waals surface area contributed by atoms with Crippen LogP contribution in [0.15, 0.2) is 23.1 Å². The average Bonchev–Trinajstić information content (AvgIpc) is 2.66. The van der Waals surface area contributed by atoms with Crippen LogP contribution in [0.3, 0.4) is 0 Å². The summed E-state index contributed by atoms with van der Waals surface area (Å²) in [6, 6.07) is 5.03. The van der Waals surface area contributed by atoms with Crippen LogP contribution in [0.4, 0.5) is 5.69 Å². The summed E-state index contributed by atoms with van der Waals surface area (Å²) in [4.78, 5) is 12.4. The van der Waals surface area contributed by atoms with Gasteiger partial charge in [0.15, 0.2) is 0 Å². The number of fused-ring (bicyclic) bond motifs is 1. The van der Waals surface area contributed by atoms with Gasteiger partial charge in [-0.05, 0) is 42.5 Å². The molecule has 0 bridgehead atoms. The monoisotopic (exact) mass is 336 g/mol. The predicted molar refractivity (Wildman–Crippen MR) is 89.9 cm³/mol. The van der Waals surface area contributed by atoms with Crippen LogP contribution < -0.4 is 5.32 Å². The van der Waals surface area contributed by atoms with Crippen LogP contribution in [-0.4, -0.2) is 31.7 Å². The molecule has 1 aromatic carbocycles. The maximum atomic E-state index is 12.9. The van der Waals surface area contributed by atoms with Crippen molar-refractivity contribution in [3.8, 4) is 0 Å². The van der Waals surface area contributed by atoms with Crippen LogP contribution in [0.5, 0.6) is 0 Å². The van der Waals surface area contributed by atoms with Gasteiger partial charge in [0.25, 0.3) is 0 Å². The predicted octanol–water partition coefficient (Wildman–Crippen LogP) is 2.94. The highest BCUT2D eigenvalue weighted by molar-refractivity contribution is 7.89. The van der Waals surface area contributed by atoms with E-state index < -0.39 is 10.0 Å². The molecule has 126 valence electrons. The van der Waals surface area contributed by atoms with Crippen LogP contribution in [0.1, 0.15) is 51.0 Å². The van der Waals surface area contributed by atoms with E-state index in [0.29, 0.717) is 18.0 Å². The highest BCUT2D eigenvalue weighted by Crippen LogP contribution is 2.38. The van der Waals surface area contributed by atoms with Crippen molar-refractivity contribution in [2.24, 2.45) is 5.92 Å². The van der Waals surface area contributed by atoms with Crippen LogP contribution >= 0.6 is 0 Å². The van der Waals surface area contributed by atoms with Gasteiger partial charge >= 0.3 is 0 Å². The third-order valence-corrected chi connectivity index (χ3v) is 6.66. The zero-order valence-corrected chi connectivity index (χ0v) is 14.5. The van der Waals surface area contributed by atoms with Crippen molar-refractivity contribution in [3.05, 3.63) is 23.8 Å². The zero-order chi connectivity index (χ0) is 16.6. The number of anilines is 1. The van der Waals surface area contributed by atoms with E-state index in [1.54, 1.807) is 22.5 Å².